The van der Waals surface area contributed by atoms with E-state index in [9.17, 15) is 22.8 Å². The van der Waals surface area contributed by atoms with Crippen LogP contribution in [0.3, 0.4) is 0 Å². The van der Waals surface area contributed by atoms with Crippen LogP contribution in [-0.4, -0.2) is 39.7 Å². The van der Waals surface area contributed by atoms with Gasteiger partial charge in [-0.2, -0.15) is 13.2 Å². The Bertz CT molecular complexity index is 1560. The maximum absolute atomic E-state index is 14.2. The number of fused-ring (bicyclic) bond motifs is 1. The van der Waals surface area contributed by atoms with Crippen molar-refractivity contribution in [2.45, 2.75) is 57.9 Å². The van der Waals surface area contributed by atoms with Crippen molar-refractivity contribution in [3.63, 3.8) is 0 Å². The molecule has 0 unspecified atom stereocenters. The highest BCUT2D eigenvalue weighted by molar-refractivity contribution is 6.10. The van der Waals surface area contributed by atoms with Gasteiger partial charge in [0.2, 0.25) is 0 Å². The van der Waals surface area contributed by atoms with E-state index >= 15 is 0 Å². The summed E-state index contributed by atoms with van der Waals surface area (Å²) in [5.74, 6) is 5.29. The number of carbonyl (C=O) groups excluding carboxylic acids is 2. The summed E-state index contributed by atoms with van der Waals surface area (Å²) in [6.45, 7) is 4.00. The number of amides is 2. The number of rotatable bonds is 9. The second-order valence-electron chi connectivity index (χ2n) is 11.0. The molecule has 1 aliphatic carbocycles. The zero-order chi connectivity index (χ0) is 30.1. The van der Waals surface area contributed by atoms with Gasteiger partial charge in [-0.3, -0.25) is 9.59 Å². The van der Waals surface area contributed by atoms with Crippen molar-refractivity contribution < 1.29 is 27.5 Å². The second kappa shape index (κ2) is 11.6. The maximum atomic E-state index is 14.2. The summed E-state index contributed by atoms with van der Waals surface area (Å²) in [5, 5.41) is 11.0. The van der Waals surface area contributed by atoms with Crippen molar-refractivity contribution in [1.82, 2.24) is 20.1 Å². The minimum atomic E-state index is -4.64. The number of ether oxygens (including phenoxy) is 1. The topological polar surface area (TPSA) is 89.3 Å². The molecule has 2 heterocycles. The SMILES string of the molecule is CC#CC(=O)NCCCOCc1cc2c(c(C(F)(F)F)c1)CN(c1cccc(C3(c4nncn4C)CC(C)C3)c1)C2=O. The molecule has 5 rings (SSSR count). The molecule has 0 atom stereocenters. The molecular formula is C31H32F3N5O3. The minimum absolute atomic E-state index is 0.0273. The lowest BCUT2D eigenvalue weighted by molar-refractivity contribution is -0.138. The first kappa shape index (κ1) is 29.3. The highest BCUT2D eigenvalue weighted by Crippen LogP contribution is 2.52. The van der Waals surface area contributed by atoms with Gasteiger partial charge in [-0.05, 0) is 79.0 Å². The smallest absolute Gasteiger partial charge is 0.377 e. The number of benzene rings is 2. The number of aryl methyl sites for hydroxylation is 1. The van der Waals surface area contributed by atoms with Crippen LogP contribution in [0.5, 0.6) is 0 Å². The molecular weight excluding hydrogens is 547 g/mol. The van der Waals surface area contributed by atoms with Crippen LogP contribution in [0.1, 0.15) is 71.5 Å². The molecule has 1 N–H and O–H groups in total. The van der Waals surface area contributed by atoms with Gasteiger partial charge in [0.1, 0.15) is 12.2 Å². The van der Waals surface area contributed by atoms with Crippen LogP contribution in [0.4, 0.5) is 18.9 Å². The van der Waals surface area contributed by atoms with Gasteiger partial charge in [0.15, 0.2) is 0 Å². The Morgan fingerprint density at radius 3 is 2.69 bits per heavy atom. The van der Waals surface area contributed by atoms with Crippen molar-refractivity contribution in [2.24, 2.45) is 13.0 Å². The van der Waals surface area contributed by atoms with Gasteiger partial charge in [-0.1, -0.05) is 25.0 Å². The summed E-state index contributed by atoms with van der Waals surface area (Å²) in [6.07, 6.45) is -0.799. The average molecular weight is 580 g/mol. The Labute approximate surface area is 242 Å². The molecule has 1 aliphatic heterocycles. The van der Waals surface area contributed by atoms with Crippen molar-refractivity contribution >= 4 is 17.5 Å². The minimum Gasteiger partial charge on any atom is -0.377 e. The van der Waals surface area contributed by atoms with Crippen molar-refractivity contribution in [3.8, 4) is 11.8 Å². The third-order valence-electron chi connectivity index (χ3n) is 7.91. The van der Waals surface area contributed by atoms with Crippen LogP contribution in [-0.2, 0) is 41.3 Å². The Morgan fingerprint density at radius 2 is 2.02 bits per heavy atom. The molecule has 0 spiro atoms. The molecule has 0 saturated heterocycles. The summed E-state index contributed by atoms with van der Waals surface area (Å²) in [7, 11) is 1.89. The number of hydrogen-bond acceptors (Lipinski definition) is 5. The van der Waals surface area contributed by atoms with Crippen LogP contribution >= 0.6 is 0 Å². The molecule has 8 nitrogen and oxygen atoms in total. The summed E-state index contributed by atoms with van der Waals surface area (Å²) < 4.78 is 50.0. The lowest BCUT2D eigenvalue weighted by atomic mass is 9.58. The zero-order valence-electron chi connectivity index (χ0n) is 23.7. The molecule has 0 bridgehead atoms. The van der Waals surface area contributed by atoms with E-state index in [2.05, 4.69) is 34.3 Å². The van der Waals surface area contributed by atoms with Crippen LogP contribution < -0.4 is 10.2 Å². The Hall–Kier alpha value is -4.17. The summed E-state index contributed by atoms with van der Waals surface area (Å²) >= 11 is 0. The molecule has 220 valence electrons. The molecule has 11 heteroatoms. The molecule has 1 saturated carbocycles. The molecule has 1 aromatic heterocycles. The van der Waals surface area contributed by atoms with E-state index in [1.165, 1.54) is 11.0 Å². The standard InChI is InChI=1S/C31H32F3N5O3/c1-4-7-27(40)35-10-6-11-42-18-21-12-24-25(26(13-21)31(32,33)34)17-39(28(24)41)23-9-5-8-22(14-23)30(15-20(2)16-30)29-37-36-19-38(29)3/h5,8-9,12-14,19-20H,6,10-11,15-18H2,1-3H3,(H,35,40). The summed E-state index contributed by atoms with van der Waals surface area (Å²) in [4.78, 5) is 26.4. The number of aromatic nitrogens is 3. The third kappa shape index (κ3) is 5.63. The summed E-state index contributed by atoms with van der Waals surface area (Å²) in [6, 6.07) is 10.0. The van der Waals surface area contributed by atoms with E-state index in [4.69, 9.17) is 4.74 Å². The van der Waals surface area contributed by atoms with Crippen LogP contribution in [0, 0.1) is 17.8 Å². The van der Waals surface area contributed by atoms with E-state index in [-0.39, 0.29) is 41.9 Å². The van der Waals surface area contributed by atoms with Crippen LogP contribution in [0.2, 0.25) is 0 Å². The van der Waals surface area contributed by atoms with Gasteiger partial charge in [0.25, 0.3) is 11.8 Å². The number of anilines is 1. The molecule has 42 heavy (non-hydrogen) atoms. The first-order valence-corrected chi connectivity index (χ1v) is 13.8. The van der Waals surface area contributed by atoms with Gasteiger partial charge >= 0.3 is 6.18 Å². The largest absolute Gasteiger partial charge is 0.416 e. The fourth-order valence-corrected chi connectivity index (χ4v) is 6.10. The van der Waals surface area contributed by atoms with Gasteiger partial charge in [0.05, 0.1) is 24.1 Å². The predicted octanol–water partition coefficient (Wildman–Crippen LogP) is 4.76. The molecule has 3 aromatic rings. The zero-order valence-corrected chi connectivity index (χ0v) is 23.7. The summed E-state index contributed by atoms with van der Waals surface area (Å²) in [5.41, 5.74) is 0.539. The third-order valence-corrected chi connectivity index (χ3v) is 7.91. The highest BCUT2D eigenvalue weighted by atomic mass is 19.4. The Balaban J connectivity index is 1.36. The highest BCUT2D eigenvalue weighted by Gasteiger charge is 2.48. The van der Waals surface area contributed by atoms with E-state index in [1.807, 2.05) is 29.8 Å². The number of alkyl halides is 3. The van der Waals surface area contributed by atoms with Crippen LogP contribution in [0.25, 0.3) is 0 Å². The number of halogens is 3. The molecule has 2 amide bonds. The Kier molecular flexibility index (Phi) is 8.10. The van der Waals surface area contributed by atoms with Gasteiger partial charge in [-0.25, -0.2) is 0 Å². The molecule has 2 aromatic carbocycles. The van der Waals surface area contributed by atoms with Gasteiger partial charge < -0.3 is 19.5 Å². The number of hydrogen-bond donors (Lipinski definition) is 1. The van der Waals surface area contributed by atoms with Gasteiger partial charge in [-0.15, -0.1) is 10.2 Å². The average Bonchev–Trinajstić information content (AvgIpc) is 3.51. The fourth-order valence-electron chi connectivity index (χ4n) is 6.10. The van der Waals surface area contributed by atoms with Gasteiger partial charge in [0, 0.05) is 31.5 Å². The van der Waals surface area contributed by atoms with Crippen molar-refractivity contribution in [3.05, 3.63) is 76.4 Å². The van der Waals surface area contributed by atoms with E-state index < -0.39 is 23.6 Å². The van der Waals surface area contributed by atoms with Crippen molar-refractivity contribution in [1.29, 1.82) is 0 Å². The predicted molar refractivity (Wildman–Crippen MR) is 149 cm³/mol. The monoisotopic (exact) mass is 579 g/mol. The lowest BCUT2D eigenvalue weighted by Gasteiger charge is -2.46. The lowest BCUT2D eigenvalue weighted by Crippen LogP contribution is -2.43. The molecule has 0 radical (unpaired) electrons. The van der Waals surface area contributed by atoms with Crippen molar-refractivity contribution in [2.75, 3.05) is 18.1 Å². The van der Waals surface area contributed by atoms with E-state index in [0.717, 1.165) is 30.3 Å². The second-order valence-corrected chi connectivity index (χ2v) is 11.0. The number of carbonyl (C=O) groups is 2. The number of nitrogens with zero attached hydrogens (tertiary/aromatic N) is 4. The normalized spacial score (nSPS) is 19.6. The number of nitrogens with one attached hydrogen (secondary N) is 1. The Morgan fingerprint density at radius 1 is 1.24 bits per heavy atom. The quantitative estimate of drug-likeness (QED) is 0.292. The fraction of sp³-hybridized carbons (Fsp3) is 0.419. The maximum Gasteiger partial charge on any atom is 0.416 e. The first-order chi connectivity index (χ1) is 20.0. The molecule has 2 aliphatic rings. The molecule has 1 fully saturated rings. The first-order valence-electron chi connectivity index (χ1n) is 13.8. The van der Waals surface area contributed by atoms with E-state index in [1.54, 1.807) is 19.3 Å². The van der Waals surface area contributed by atoms with Crippen LogP contribution in [0.15, 0.2) is 42.7 Å². The van der Waals surface area contributed by atoms with E-state index in [0.29, 0.717) is 24.6 Å².